The summed E-state index contributed by atoms with van der Waals surface area (Å²) in [6, 6.07) is 4.05. The highest BCUT2D eigenvalue weighted by molar-refractivity contribution is 6.31. The summed E-state index contributed by atoms with van der Waals surface area (Å²) in [4.78, 5) is 27.7. The zero-order valence-electron chi connectivity index (χ0n) is 15.6. The van der Waals surface area contributed by atoms with Crippen LogP contribution in [0.3, 0.4) is 0 Å². The van der Waals surface area contributed by atoms with Gasteiger partial charge in [-0.1, -0.05) is 17.7 Å². The molecule has 28 heavy (non-hydrogen) atoms. The lowest BCUT2D eigenvalue weighted by Gasteiger charge is -2.46. The van der Waals surface area contributed by atoms with Crippen LogP contribution in [0.4, 0.5) is 9.18 Å². The van der Waals surface area contributed by atoms with Crippen molar-refractivity contribution >= 4 is 23.5 Å². The molecular weight excluding hydrogens is 389 g/mol. The van der Waals surface area contributed by atoms with Crippen molar-refractivity contribution in [2.45, 2.75) is 37.7 Å². The molecule has 0 aromatic heterocycles. The van der Waals surface area contributed by atoms with Gasteiger partial charge in [0.05, 0.1) is 37.4 Å². The van der Waals surface area contributed by atoms with Crippen LogP contribution >= 0.6 is 11.6 Å². The van der Waals surface area contributed by atoms with Crippen LogP contribution in [0.25, 0.3) is 0 Å². The van der Waals surface area contributed by atoms with E-state index in [4.69, 9.17) is 21.1 Å². The molecule has 0 unspecified atom stereocenters. The van der Waals surface area contributed by atoms with Crippen molar-refractivity contribution in [3.63, 3.8) is 0 Å². The highest BCUT2D eigenvalue weighted by atomic mass is 35.5. The molecule has 9 heteroatoms. The van der Waals surface area contributed by atoms with Crippen molar-refractivity contribution in [1.82, 2.24) is 15.1 Å². The van der Waals surface area contributed by atoms with Crippen LogP contribution in [0.15, 0.2) is 18.2 Å². The SMILES string of the molecule is C[C@@H](OC1CN(C(=O)N2CC[C@@H]3OCC(=O)N[C@@H]3C2)C1)c1ccc(F)cc1Cl. The lowest BCUT2D eigenvalue weighted by molar-refractivity contribution is -0.140. The molecule has 152 valence electrons. The number of carbonyl (C=O) groups is 2. The molecule has 3 amide bonds. The van der Waals surface area contributed by atoms with E-state index in [1.165, 1.54) is 12.1 Å². The van der Waals surface area contributed by atoms with E-state index in [1.54, 1.807) is 15.9 Å². The minimum absolute atomic E-state index is 0.0180. The van der Waals surface area contributed by atoms with Crippen molar-refractivity contribution in [2.24, 2.45) is 0 Å². The molecule has 3 aliphatic rings. The molecule has 1 N–H and O–H groups in total. The summed E-state index contributed by atoms with van der Waals surface area (Å²) in [7, 11) is 0. The number of ether oxygens (including phenoxy) is 2. The predicted octanol–water partition coefficient (Wildman–Crippen LogP) is 1.95. The smallest absolute Gasteiger partial charge is 0.320 e. The molecule has 3 fully saturated rings. The maximum atomic E-state index is 13.2. The second-order valence-electron chi connectivity index (χ2n) is 7.51. The zero-order valence-corrected chi connectivity index (χ0v) is 16.3. The van der Waals surface area contributed by atoms with Gasteiger partial charge in [0.15, 0.2) is 0 Å². The number of rotatable bonds is 3. The van der Waals surface area contributed by atoms with Gasteiger partial charge in [0.25, 0.3) is 0 Å². The largest absolute Gasteiger partial charge is 0.367 e. The second kappa shape index (κ2) is 7.85. The van der Waals surface area contributed by atoms with Crippen molar-refractivity contribution in [3.05, 3.63) is 34.6 Å². The Bertz CT molecular complexity index is 774. The van der Waals surface area contributed by atoms with Gasteiger partial charge in [0, 0.05) is 18.1 Å². The third-order valence-corrected chi connectivity index (χ3v) is 5.84. The molecule has 3 saturated heterocycles. The Hall–Kier alpha value is -1.90. The molecule has 7 nitrogen and oxygen atoms in total. The van der Waals surface area contributed by atoms with E-state index in [0.717, 1.165) is 5.56 Å². The molecule has 3 aliphatic heterocycles. The van der Waals surface area contributed by atoms with Gasteiger partial charge in [0.1, 0.15) is 12.4 Å². The van der Waals surface area contributed by atoms with Gasteiger partial charge in [0.2, 0.25) is 5.91 Å². The fourth-order valence-electron chi connectivity index (χ4n) is 3.95. The average molecular weight is 412 g/mol. The standard InChI is InChI=1S/C19H23ClFN3O4/c1-11(14-3-2-12(21)6-15(14)20)28-13-7-24(8-13)19(26)23-5-4-17-16(9-23)22-18(25)10-27-17/h2-3,6,11,13,16-17H,4-5,7-10H2,1H3,(H,22,25)/t11-,16-,17+/m1/s1. The number of piperidine rings is 1. The number of benzene rings is 1. The number of hydrogen-bond acceptors (Lipinski definition) is 4. The van der Waals surface area contributed by atoms with E-state index in [0.29, 0.717) is 37.6 Å². The first kappa shape index (κ1) is 19.4. The van der Waals surface area contributed by atoms with Crippen molar-refractivity contribution in [2.75, 3.05) is 32.8 Å². The number of urea groups is 1. The minimum atomic E-state index is -0.385. The Labute approximate surface area is 167 Å². The number of nitrogens with zero attached hydrogens (tertiary/aromatic N) is 2. The highest BCUT2D eigenvalue weighted by Crippen LogP contribution is 2.29. The van der Waals surface area contributed by atoms with Crippen LogP contribution in [0.5, 0.6) is 0 Å². The van der Waals surface area contributed by atoms with Crippen LogP contribution in [0, 0.1) is 5.82 Å². The molecule has 0 spiro atoms. The number of halogens is 2. The number of amides is 3. The van der Waals surface area contributed by atoms with Gasteiger partial charge in [-0.3, -0.25) is 4.79 Å². The van der Waals surface area contributed by atoms with Crippen LogP contribution < -0.4 is 5.32 Å². The first-order valence-corrected chi connectivity index (χ1v) is 9.83. The summed E-state index contributed by atoms with van der Waals surface area (Å²) in [6.07, 6.45) is 0.316. The second-order valence-corrected chi connectivity index (χ2v) is 7.92. The fraction of sp³-hybridized carbons (Fsp3) is 0.579. The normalized spacial score (nSPS) is 26.3. The molecular formula is C19H23ClFN3O4. The van der Waals surface area contributed by atoms with Gasteiger partial charge >= 0.3 is 6.03 Å². The Morgan fingerprint density at radius 1 is 1.36 bits per heavy atom. The van der Waals surface area contributed by atoms with E-state index in [1.807, 2.05) is 6.92 Å². The maximum Gasteiger partial charge on any atom is 0.320 e. The summed E-state index contributed by atoms with van der Waals surface area (Å²) < 4.78 is 24.7. The van der Waals surface area contributed by atoms with Crippen molar-refractivity contribution in [3.8, 4) is 0 Å². The summed E-state index contributed by atoms with van der Waals surface area (Å²) >= 11 is 6.08. The number of morpholine rings is 1. The molecule has 0 aliphatic carbocycles. The van der Waals surface area contributed by atoms with Gasteiger partial charge in [-0.25, -0.2) is 9.18 Å². The minimum Gasteiger partial charge on any atom is -0.367 e. The van der Waals surface area contributed by atoms with E-state index >= 15 is 0 Å². The number of likely N-dealkylation sites (tertiary alicyclic amines) is 2. The van der Waals surface area contributed by atoms with Gasteiger partial charge in [-0.05, 0) is 31.0 Å². The molecule has 3 heterocycles. The lowest BCUT2D eigenvalue weighted by Crippen LogP contribution is -2.65. The Balaban J connectivity index is 1.26. The van der Waals surface area contributed by atoms with Gasteiger partial charge in [-0.15, -0.1) is 0 Å². The molecule has 0 saturated carbocycles. The number of nitrogens with one attached hydrogen (secondary N) is 1. The van der Waals surface area contributed by atoms with E-state index < -0.39 is 0 Å². The van der Waals surface area contributed by atoms with Crippen molar-refractivity contribution in [1.29, 1.82) is 0 Å². The zero-order chi connectivity index (χ0) is 19.8. The van der Waals surface area contributed by atoms with Gasteiger partial charge < -0.3 is 24.6 Å². The van der Waals surface area contributed by atoms with E-state index in [2.05, 4.69) is 5.32 Å². The summed E-state index contributed by atoms with van der Waals surface area (Å²) in [5, 5.41) is 3.23. The molecule has 0 bridgehead atoms. The lowest BCUT2D eigenvalue weighted by atomic mass is 10.0. The molecule has 0 radical (unpaired) electrons. The number of hydrogen-bond donors (Lipinski definition) is 1. The Morgan fingerprint density at radius 3 is 2.89 bits per heavy atom. The quantitative estimate of drug-likeness (QED) is 0.825. The van der Waals surface area contributed by atoms with E-state index in [-0.39, 0.29) is 48.7 Å². The monoisotopic (exact) mass is 411 g/mol. The van der Waals surface area contributed by atoms with Crippen LogP contribution in [-0.2, 0) is 14.3 Å². The topological polar surface area (TPSA) is 71.1 Å². The third kappa shape index (κ3) is 3.94. The van der Waals surface area contributed by atoms with Gasteiger partial charge in [-0.2, -0.15) is 0 Å². The summed E-state index contributed by atoms with van der Waals surface area (Å²) in [5.74, 6) is -0.522. The highest BCUT2D eigenvalue weighted by Gasteiger charge is 2.40. The Morgan fingerprint density at radius 2 is 2.14 bits per heavy atom. The molecule has 1 aromatic carbocycles. The Kier molecular flexibility index (Phi) is 5.44. The maximum absolute atomic E-state index is 13.2. The van der Waals surface area contributed by atoms with Crippen LogP contribution in [-0.4, -0.2) is 72.8 Å². The first-order chi connectivity index (χ1) is 13.4. The fourth-order valence-corrected chi connectivity index (χ4v) is 4.27. The first-order valence-electron chi connectivity index (χ1n) is 9.46. The van der Waals surface area contributed by atoms with Crippen molar-refractivity contribution < 1.29 is 23.5 Å². The average Bonchev–Trinajstić information content (AvgIpc) is 2.63. The summed E-state index contributed by atoms with van der Waals surface area (Å²) in [5.41, 5.74) is 0.725. The van der Waals surface area contributed by atoms with Crippen LogP contribution in [0.1, 0.15) is 25.0 Å². The number of carbonyl (C=O) groups excluding carboxylic acids is 2. The van der Waals surface area contributed by atoms with Crippen LogP contribution in [0.2, 0.25) is 5.02 Å². The third-order valence-electron chi connectivity index (χ3n) is 5.51. The number of fused-ring (bicyclic) bond motifs is 1. The molecule has 4 rings (SSSR count). The predicted molar refractivity (Wildman–Crippen MR) is 99.5 cm³/mol. The molecule has 3 atom stereocenters. The summed E-state index contributed by atoms with van der Waals surface area (Å²) in [6.45, 7) is 4.01. The molecule has 1 aromatic rings. The van der Waals surface area contributed by atoms with E-state index in [9.17, 15) is 14.0 Å².